The van der Waals surface area contributed by atoms with E-state index in [4.69, 9.17) is 4.74 Å². The van der Waals surface area contributed by atoms with Gasteiger partial charge in [-0.2, -0.15) is 0 Å². The third-order valence-electron chi connectivity index (χ3n) is 3.13. The fourth-order valence-electron chi connectivity index (χ4n) is 1.92. The summed E-state index contributed by atoms with van der Waals surface area (Å²) in [6.07, 6.45) is 3.41. The van der Waals surface area contributed by atoms with Crippen LogP contribution in [-0.2, 0) is 11.2 Å². The van der Waals surface area contributed by atoms with E-state index in [1.165, 1.54) is 18.5 Å². The summed E-state index contributed by atoms with van der Waals surface area (Å²) in [4.78, 5) is 19.9. The Morgan fingerprint density at radius 2 is 2.04 bits per heavy atom. The molecule has 0 aliphatic carbocycles. The van der Waals surface area contributed by atoms with E-state index in [1.54, 1.807) is 25.3 Å². The number of hydrogen-bond acceptors (Lipinski definition) is 5. The van der Waals surface area contributed by atoms with Gasteiger partial charge in [-0.3, -0.25) is 4.79 Å². The highest BCUT2D eigenvalue weighted by Gasteiger charge is 2.07. The summed E-state index contributed by atoms with van der Waals surface area (Å²) < 4.78 is 18.3. The van der Waals surface area contributed by atoms with Crippen LogP contribution >= 0.6 is 0 Å². The van der Waals surface area contributed by atoms with Gasteiger partial charge in [0.1, 0.15) is 17.3 Å². The first kappa shape index (κ1) is 16.8. The van der Waals surface area contributed by atoms with E-state index in [1.807, 2.05) is 0 Å². The standard InChI is InChI=1S/C16H19FN4O2/c1-23-9-8-19-16(22)14-10-21-15(11-20-14)18-7-6-12-4-2-3-5-13(12)17/h2-5,10-11H,6-9H2,1H3,(H,18,21)(H,19,22). The molecule has 23 heavy (non-hydrogen) atoms. The highest BCUT2D eigenvalue weighted by molar-refractivity contribution is 5.91. The van der Waals surface area contributed by atoms with Crippen molar-refractivity contribution < 1.29 is 13.9 Å². The number of rotatable bonds is 8. The normalized spacial score (nSPS) is 10.3. The van der Waals surface area contributed by atoms with Gasteiger partial charge in [-0.15, -0.1) is 0 Å². The molecule has 1 aromatic carbocycles. The molecule has 0 bridgehead atoms. The van der Waals surface area contributed by atoms with Crippen LogP contribution in [0.3, 0.4) is 0 Å². The van der Waals surface area contributed by atoms with Crippen molar-refractivity contribution in [2.75, 3.05) is 32.1 Å². The summed E-state index contributed by atoms with van der Waals surface area (Å²) in [5, 5.41) is 5.71. The van der Waals surface area contributed by atoms with Gasteiger partial charge in [-0.1, -0.05) is 18.2 Å². The van der Waals surface area contributed by atoms with E-state index in [0.717, 1.165) is 0 Å². The summed E-state index contributed by atoms with van der Waals surface area (Å²) in [6, 6.07) is 6.64. The number of nitrogens with one attached hydrogen (secondary N) is 2. The minimum Gasteiger partial charge on any atom is -0.383 e. The molecular formula is C16H19FN4O2. The SMILES string of the molecule is COCCNC(=O)c1cnc(NCCc2ccccc2F)cn1. The molecule has 0 aliphatic heterocycles. The Kier molecular flexibility index (Phi) is 6.43. The van der Waals surface area contributed by atoms with Crippen molar-refractivity contribution in [3.8, 4) is 0 Å². The molecule has 2 N–H and O–H groups in total. The number of carbonyl (C=O) groups excluding carboxylic acids is 1. The lowest BCUT2D eigenvalue weighted by Crippen LogP contribution is -2.27. The van der Waals surface area contributed by atoms with E-state index in [0.29, 0.717) is 37.5 Å². The van der Waals surface area contributed by atoms with Crippen molar-refractivity contribution in [2.45, 2.75) is 6.42 Å². The largest absolute Gasteiger partial charge is 0.383 e. The molecule has 2 rings (SSSR count). The van der Waals surface area contributed by atoms with Crippen LogP contribution in [0.1, 0.15) is 16.1 Å². The maximum Gasteiger partial charge on any atom is 0.271 e. The Hall–Kier alpha value is -2.54. The quantitative estimate of drug-likeness (QED) is 0.724. The summed E-state index contributed by atoms with van der Waals surface area (Å²) in [7, 11) is 1.56. The molecule has 1 amide bonds. The van der Waals surface area contributed by atoms with Crippen LogP contribution in [0.4, 0.5) is 10.2 Å². The fourth-order valence-corrected chi connectivity index (χ4v) is 1.92. The molecule has 0 saturated carbocycles. The van der Waals surface area contributed by atoms with Crippen molar-refractivity contribution in [3.05, 3.63) is 53.7 Å². The van der Waals surface area contributed by atoms with E-state index in [2.05, 4.69) is 20.6 Å². The highest BCUT2D eigenvalue weighted by Crippen LogP contribution is 2.08. The van der Waals surface area contributed by atoms with Gasteiger partial charge >= 0.3 is 0 Å². The fraction of sp³-hybridized carbons (Fsp3) is 0.312. The van der Waals surface area contributed by atoms with Crippen LogP contribution in [0.5, 0.6) is 0 Å². The van der Waals surface area contributed by atoms with Gasteiger partial charge < -0.3 is 15.4 Å². The second-order valence-corrected chi connectivity index (χ2v) is 4.80. The van der Waals surface area contributed by atoms with Crippen LogP contribution in [0.25, 0.3) is 0 Å². The van der Waals surface area contributed by atoms with Crippen LogP contribution in [-0.4, -0.2) is 42.7 Å². The Balaban J connectivity index is 1.81. The lowest BCUT2D eigenvalue weighted by molar-refractivity contribution is 0.0932. The summed E-state index contributed by atoms with van der Waals surface area (Å²) in [6.45, 7) is 1.38. The number of nitrogens with zero attached hydrogens (tertiary/aromatic N) is 2. The van der Waals surface area contributed by atoms with Crippen LogP contribution in [0, 0.1) is 5.82 Å². The molecule has 0 aliphatic rings. The molecule has 2 aromatic rings. The molecule has 0 unspecified atom stereocenters. The van der Waals surface area contributed by atoms with Crippen LogP contribution in [0.15, 0.2) is 36.7 Å². The molecule has 1 aromatic heterocycles. The van der Waals surface area contributed by atoms with E-state index < -0.39 is 0 Å². The van der Waals surface area contributed by atoms with Gasteiger partial charge in [0, 0.05) is 20.2 Å². The van der Waals surface area contributed by atoms with Gasteiger partial charge in [0.2, 0.25) is 0 Å². The number of halogens is 1. The molecule has 122 valence electrons. The lowest BCUT2D eigenvalue weighted by atomic mass is 10.1. The zero-order chi connectivity index (χ0) is 16.5. The van der Waals surface area contributed by atoms with Crippen molar-refractivity contribution in [2.24, 2.45) is 0 Å². The third-order valence-corrected chi connectivity index (χ3v) is 3.13. The molecule has 1 heterocycles. The van der Waals surface area contributed by atoms with Crippen molar-refractivity contribution >= 4 is 11.7 Å². The van der Waals surface area contributed by atoms with Gasteiger partial charge in [-0.25, -0.2) is 14.4 Å². The molecule has 0 radical (unpaired) electrons. The Morgan fingerprint density at radius 1 is 1.22 bits per heavy atom. The molecule has 7 heteroatoms. The predicted octanol–water partition coefficient (Wildman–Crippen LogP) is 1.65. The zero-order valence-corrected chi connectivity index (χ0v) is 12.9. The molecule has 0 spiro atoms. The van der Waals surface area contributed by atoms with Gasteiger partial charge in [-0.05, 0) is 18.1 Å². The van der Waals surface area contributed by atoms with Crippen LogP contribution in [0.2, 0.25) is 0 Å². The first-order chi connectivity index (χ1) is 11.2. The minimum atomic E-state index is -0.299. The van der Waals surface area contributed by atoms with E-state index in [9.17, 15) is 9.18 Å². The average molecular weight is 318 g/mol. The Labute approximate surface area is 134 Å². The predicted molar refractivity (Wildman–Crippen MR) is 84.8 cm³/mol. The van der Waals surface area contributed by atoms with Gasteiger partial charge in [0.05, 0.1) is 19.0 Å². The molecule has 0 fully saturated rings. The van der Waals surface area contributed by atoms with Crippen molar-refractivity contribution in [1.82, 2.24) is 15.3 Å². The number of benzene rings is 1. The number of ether oxygens (including phenoxy) is 1. The Bertz CT molecular complexity index is 634. The van der Waals surface area contributed by atoms with Crippen molar-refractivity contribution in [3.63, 3.8) is 0 Å². The second kappa shape index (κ2) is 8.79. The molecular weight excluding hydrogens is 299 g/mol. The molecule has 6 nitrogen and oxygen atoms in total. The van der Waals surface area contributed by atoms with Gasteiger partial charge in [0.25, 0.3) is 5.91 Å². The minimum absolute atomic E-state index is 0.219. The molecule has 0 atom stereocenters. The lowest BCUT2D eigenvalue weighted by Gasteiger charge is -2.07. The monoisotopic (exact) mass is 318 g/mol. The molecule has 0 saturated heterocycles. The summed E-state index contributed by atoms with van der Waals surface area (Å²) in [5.74, 6) is 0.0192. The zero-order valence-electron chi connectivity index (χ0n) is 12.9. The Morgan fingerprint density at radius 3 is 2.74 bits per heavy atom. The highest BCUT2D eigenvalue weighted by atomic mass is 19.1. The number of hydrogen-bond donors (Lipinski definition) is 2. The number of carbonyl (C=O) groups is 1. The summed E-state index contributed by atoms with van der Waals surface area (Å²) in [5.41, 5.74) is 0.878. The first-order valence-electron chi connectivity index (χ1n) is 7.27. The van der Waals surface area contributed by atoms with Crippen LogP contribution < -0.4 is 10.6 Å². The number of aromatic nitrogens is 2. The second-order valence-electron chi connectivity index (χ2n) is 4.80. The summed E-state index contributed by atoms with van der Waals surface area (Å²) >= 11 is 0. The van der Waals surface area contributed by atoms with Crippen molar-refractivity contribution in [1.29, 1.82) is 0 Å². The maximum absolute atomic E-state index is 13.5. The van der Waals surface area contributed by atoms with Gasteiger partial charge in [0.15, 0.2) is 0 Å². The number of methoxy groups -OCH3 is 1. The average Bonchev–Trinajstić information content (AvgIpc) is 2.57. The topological polar surface area (TPSA) is 76.1 Å². The van der Waals surface area contributed by atoms with E-state index in [-0.39, 0.29) is 17.4 Å². The first-order valence-corrected chi connectivity index (χ1v) is 7.27. The van der Waals surface area contributed by atoms with E-state index >= 15 is 0 Å². The smallest absolute Gasteiger partial charge is 0.271 e. The number of anilines is 1. The third kappa shape index (κ3) is 5.30. The number of amides is 1. The maximum atomic E-state index is 13.5.